The lowest BCUT2D eigenvalue weighted by atomic mass is 9.99. The van der Waals surface area contributed by atoms with Crippen LogP contribution < -0.4 is 19.5 Å². The third-order valence-electron chi connectivity index (χ3n) is 6.42. The average Bonchev–Trinajstić information content (AvgIpc) is 3.34. The van der Waals surface area contributed by atoms with E-state index in [2.05, 4.69) is 34.5 Å². The Hall–Kier alpha value is -2.93. The van der Waals surface area contributed by atoms with E-state index < -0.39 is 6.09 Å². The van der Waals surface area contributed by atoms with E-state index in [1.54, 1.807) is 19.2 Å². The number of methoxy groups -OCH3 is 3. The van der Waals surface area contributed by atoms with Crippen molar-refractivity contribution < 1.29 is 23.7 Å². The second-order valence-electron chi connectivity index (χ2n) is 8.12. The van der Waals surface area contributed by atoms with Gasteiger partial charge in [0.25, 0.3) is 0 Å². The minimum atomic E-state index is -0.477. The first-order valence-electron chi connectivity index (χ1n) is 10.6. The SMILES string of the molecule is COc1cc(NC(=O)OCC2C3CCC2N(Cc2ccccc2)C3)cc(OC)c1OC. The molecule has 1 aliphatic carbocycles. The van der Waals surface area contributed by atoms with Crippen molar-refractivity contribution in [3.63, 3.8) is 0 Å². The molecule has 1 aliphatic heterocycles. The van der Waals surface area contributed by atoms with E-state index in [0.717, 1.165) is 13.1 Å². The minimum absolute atomic E-state index is 0.384. The summed E-state index contributed by atoms with van der Waals surface area (Å²) in [7, 11) is 4.62. The van der Waals surface area contributed by atoms with Gasteiger partial charge in [0.1, 0.15) is 0 Å². The summed E-state index contributed by atoms with van der Waals surface area (Å²) < 4.78 is 21.6. The van der Waals surface area contributed by atoms with Crippen LogP contribution in [0.2, 0.25) is 0 Å². The van der Waals surface area contributed by atoms with Crippen LogP contribution in [0.4, 0.5) is 10.5 Å². The Bertz CT molecular complexity index is 879. The van der Waals surface area contributed by atoms with Crippen molar-refractivity contribution in [3.05, 3.63) is 48.0 Å². The zero-order valence-corrected chi connectivity index (χ0v) is 18.3. The van der Waals surface area contributed by atoms with Crippen LogP contribution in [-0.4, -0.2) is 51.5 Å². The summed E-state index contributed by atoms with van der Waals surface area (Å²) in [6, 6.07) is 14.4. The van der Waals surface area contributed by atoms with Crippen LogP contribution in [0.3, 0.4) is 0 Å². The van der Waals surface area contributed by atoms with Crippen LogP contribution in [0.15, 0.2) is 42.5 Å². The molecule has 1 amide bonds. The lowest BCUT2D eigenvalue weighted by Crippen LogP contribution is -2.33. The summed E-state index contributed by atoms with van der Waals surface area (Å²) in [6.45, 7) is 2.45. The van der Waals surface area contributed by atoms with Crippen molar-refractivity contribution in [3.8, 4) is 17.2 Å². The third kappa shape index (κ3) is 4.56. The number of nitrogens with one attached hydrogen (secondary N) is 1. The molecule has 1 saturated carbocycles. The maximum absolute atomic E-state index is 12.5. The molecule has 2 bridgehead atoms. The number of anilines is 1. The quantitative estimate of drug-likeness (QED) is 0.683. The van der Waals surface area contributed by atoms with Gasteiger partial charge in [0.2, 0.25) is 5.75 Å². The molecule has 1 saturated heterocycles. The fraction of sp³-hybridized carbons (Fsp3) is 0.458. The third-order valence-corrected chi connectivity index (χ3v) is 6.42. The van der Waals surface area contributed by atoms with Crippen LogP contribution >= 0.6 is 0 Å². The maximum Gasteiger partial charge on any atom is 0.411 e. The van der Waals surface area contributed by atoms with Gasteiger partial charge in [-0.05, 0) is 24.3 Å². The number of hydrogen-bond donors (Lipinski definition) is 1. The predicted molar refractivity (Wildman–Crippen MR) is 118 cm³/mol. The number of likely N-dealkylation sites (tertiary alicyclic amines) is 1. The van der Waals surface area contributed by atoms with E-state index in [1.165, 1.54) is 32.6 Å². The van der Waals surface area contributed by atoms with Gasteiger partial charge in [-0.15, -0.1) is 0 Å². The molecule has 2 aromatic carbocycles. The topological polar surface area (TPSA) is 69.3 Å². The summed E-state index contributed by atoms with van der Waals surface area (Å²) in [5.74, 6) is 2.40. The smallest absolute Gasteiger partial charge is 0.411 e. The highest BCUT2D eigenvalue weighted by Gasteiger charge is 2.46. The molecule has 7 nitrogen and oxygen atoms in total. The predicted octanol–water partition coefficient (Wildman–Crippen LogP) is 4.17. The Kier molecular flexibility index (Phi) is 6.51. The summed E-state index contributed by atoms with van der Waals surface area (Å²) in [5, 5.41) is 2.78. The zero-order chi connectivity index (χ0) is 21.8. The van der Waals surface area contributed by atoms with Crippen molar-refractivity contribution in [2.45, 2.75) is 25.4 Å². The highest BCUT2D eigenvalue weighted by Crippen LogP contribution is 2.44. The fourth-order valence-corrected chi connectivity index (χ4v) is 4.97. The number of ether oxygens (including phenoxy) is 4. The van der Waals surface area contributed by atoms with Crippen molar-refractivity contribution >= 4 is 11.8 Å². The molecule has 2 aliphatic rings. The van der Waals surface area contributed by atoms with Crippen LogP contribution in [-0.2, 0) is 11.3 Å². The molecular formula is C24H30N2O5. The number of hydrogen-bond acceptors (Lipinski definition) is 6. The molecule has 3 unspecified atom stereocenters. The highest BCUT2D eigenvalue weighted by molar-refractivity contribution is 5.86. The van der Waals surface area contributed by atoms with E-state index in [9.17, 15) is 4.79 Å². The van der Waals surface area contributed by atoms with Crippen LogP contribution in [0.5, 0.6) is 17.2 Å². The number of rotatable bonds is 8. The van der Waals surface area contributed by atoms with E-state index in [4.69, 9.17) is 18.9 Å². The standard InChI is InChI=1S/C24H30N2O5/c1-28-21-11-18(12-22(29-2)23(21)30-3)25-24(27)31-15-19-17-9-10-20(19)26(14-17)13-16-7-5-4-6-8-16/h4-8,11-12,17,19-20H,9-10,13-15H2,1-3H3,(H,25,27). The van der Waals surface area contributed by atoms with Crippen molar-refractivity contribution in [1.82, 2.24) is 4.90 Å². The van der Waals surface area contributed by atoms with Gasteiger partial charge in [-0.3, -0.25) is 10.2 Å². The molecular weight excluding hydrogens is 396 g/mol. The van der Waals surface area contributed by atoms with Crippen molar-refractivity contribution in [2.24, 2.45) is 11.8 Å². The second-order valence-corrected chi connectivity index (χ2v) is 8.12. The van der Waals surface area contributed by atoms with Gasteiger partial charge in [0.05, 0.1) is 33.6 Å². The number of carbonyl (C=O) groups is 1. The number of nitrogens with zero attached hydrogens (tertiary/aromatic N) is 1. The van der Waals surface area contributed by atoms with E-state index in [1.807, 2.05) is 6.07 Å². The number of fused-ring (bicyclic) bond motifs is 2. The van der Waals surface area contributed by atoms with Gasteiger partial charge in [0.15, 0.2) is 11.5 Å². The zero-order valence-electron chi connectivity index (χ0n) is 18.3. The largest absolute Gasteiger partial charge is 0.493 e. The molecule has 31 heavy (non-hydrogen) atoms. The lowest BCUT2D eigenvalue weighted by Gasteiger charge is -2.27. The van der Waals surface area contributed by atoms with E-state index in [0.29, 0.717) is 47.4 Å². The van der Waals surface area contributed by atoms with Gasteiger partial charge in [-0.1, -0.05) is 30.3 Å². The normalized spacial score (nSPS) is 22.2. The molecule has 2 fully saturated rings. The average molecular weight is 427 g/mol. The minimum Gasteiger partial charge on any atom is -0.493 e. The van der Waals surface area contributed by atoms with Crippen LogP contribution in [0.1, 0.15) is 18.4 Å². The number of carbonyl (C=O) groups excluding carboxylic acids is 1. The van der Waals surface area contributed by atoms with E-state index >= 15 is 0 Å². The Morgan fingerprint density at radius 2 is 1.74 bits per heavy atom. The molecule has 7 heteroatoms. The molecule has 1 N–H and O–H groups in total. The van der Waals surface area contributed by atoms with Crippen molar-refractivity contribution in [2.75, 3.05) is 39.8 Å². The maximum atomic E-state index is 12.5. The van der Waals surface area contributed by atoms with E-state index in [-0.39, 0.29) is 0 Å². The first kappa shape index (κ1) is 21.3. The first-order valence-corrected chi connectivity index (χ1v) is 10.6. The summed E-state index contributed by atoms with van der Waals surface area (Å²) in [6.07, 6.45) is 1.90. The molecule has 0 radical (unpaired) electrons. The number of benzene rings is 2. The fourth-order valence-electron chi connectivity index (χ4n) is 4.97. The Morgan fingerprint density at radius 3 is 2.39 bits per heavy atom. The summed E-state index contributed by atoms with van der Waals surface area (Å²) in [4.78, 5) is 15.0. The number of amides is 1. The summed E-state index contributed by atoms with van der Waals surface area (Å²) in [5.41, 5.74) is 1.86. The molecule has 2 aromatic rings. The molecule has 0 aromatic heterocycles. The Morgan fingerprint density at radius 1 is 1.03 bits per heavy atom. The first-order chi connectivity index (χ1) is 15.1. The molecule has 166 valence electrons. The van der Waals surface area contributed by atoms with Crippen LogP contribution in [0, 0.1) is 11.8 Å². The van der Waals surface area contributed by atoms with Gasteiger partial charge in [0, 0.05) is 37.2 Å². The Balaban J connectivity index is 1.34. The van der Waals surface area contributed by atoms with Gasteiger partial charge >= 0.3 is 6.09 Å². The highest BCUT2D eigenvalue weighted by atomic mass is 16.5. The van der Waals surface area contributed by atoms with Crippen LogP contribution in [0.25, 0.3) is 0 Å². The molecule has 3 atom stereocenters. The molecule has 0 spiro atoms. The van der Waals surface area contributed by atoms with Gasteiger partial charge in [-0.25, -0.2) is 4.79 Å². The number of piperidine rings is 1. The molecule has 1 heterocycles. The molecule has 4 rings (SSSR count). The monoisotopic (exact) mass is 426 g/mol. The van der Waals surface area contributed by atoms with Crippen molar-refractivity contribution in [1.29, 1.82) is 0 Å². The Labute approximate surface area is 183 Å². The summed E-state index contributed by atoms with van der Waals surface area (Å²) >= 11 is 0. The lowest BCUT2D eigenvalue weighted by molar-refractivity contribution is 0.125. The van der Waals surface area contributed by atoms with Gasteiger partial charge in [-0.2, -0.15) is 0 Å². The second kappa shape index (κ2) is 9.47. The van der Waals surface area contributed by atoms with Gasteiger partial charge < -0.3 is 18.9 Å².